The normalized spacial score (nSPS) is 12.7. The number of rotatable bonds is 9. The van der Waals surface area contributed by atoms with Crippen molar-refractivity contribution in [1.29, 1.82) is 0 Å². The molecular formula is C24H23F2N7O3. The first kappa shape index (κ1) is 24.7. The number of H-pyrrole nitrogens is 1. The number of carbonyl (C=O) groups is 2. The second-order valence-corrected chi connectivity index (χ2v) is 8.00. The molecular weight excluding hydrogens is 472 g/mol. The Morgan fingerprint density at radius 2 is 1.83 bits per heavy atom. The Morgan fingerprint density at radius 3 is 2.53 bits per heavy atom. The molecule has 0 aliphatic carbocycles. The van der Waals surface area contributed by atoms with Crippen LogP contribution in [-0.2, 0) is 11.3 Å². The number of carbonyl (C=O) groups excluding carboxylic acids is 2. The molecule has 0 spiro atoms. The van der Waals surface area contributed by atoms with Gasteiger partial charge < -0.3 is 15.7 Å². The van der Waals surface area contributed by atoms with Crippen molar-refractivity contribution in [1.82, 2.24) is 35.8 Å². The summed E-state index contributed by atoms with van der Waals surface area (Å²) in [6, 6.07) is 10.3. The molecule has 12 heteroatoms. The SMILES string of the molecule is CC(=O)NC[C@@H](O)[C@@H](Cn1nccn1)NC(=O)c1cccc(F)c1-c1cc(-c2ccc(F)cc2)n[nH]1. The van der Waals surface area contributed by atoms with Crippen LogP contribution in [0.2, 0.25) is 0 Å². The van der Waals surface area contributed by atoms with Gasteiger partial charge in [-0.25, -0.2) is 8.78 Å². The second-order valence-electron chi connectivity index (χ2n) is 8.00. The summed E-state index contributed by atoms with van der Waals surface area (Å²) in [4.78, 5) is 25.8. The van der Waals surface area contributed by atoms with Crippen molar-refractivity contribution < 1.29 is 23.5 Å². The number of hydrogen-bond acceptors (Lipinski definition) is 6. The molecule has 0 aliphatic rings. The number of amides is 2. The van der Waals surface area contributed by atoms with E-state index < -0.39 is 29.7 Å². The molecule has 0 saturated heterocycles. The molecule has 2 amide bonds. The largest absolute Gasteiger partial charge is 0.389 e. The van der Waals surface area contributed by atoms with Gasteiger partial charge in [0.2, 0.25) is 5.91 Å². The summed E-state index contributed by atoms with van der Waals surface area (Å²) in [5.74, 6) is -2.08. The quantitative estimate of drug-likeness (QED) is 0.280. The van der Waals surface area contributed by atoms with Crippen LogP contribution in [0.1, 0.15) is 17.3 Å². The molecule has 0 saturated carbocycles. The van der Waals surface area contributed by atoms with Crippen molar-refractivity contribution in [3.8, 4) is 22.5 Å². The Balaban J connectivity index is 1.61. The maximum atomic E-state index is 15.0. The minimum absolute atomic E-state index is 0.00289. The zero-order chi connectivity index (χ0) is 25.7. The van der Waals surface area contributed by atoms with E-state index in [-0.39, 0.29) is 35.8 Å². The average Bonchev–Trinajstić information content (AvgIpc) is 3.55. The summed E-state index contributed by atoms with van der Waals surface area (Å²) in [6.07, 6.45) is 1.71. The lowest BCUT2D eigenvalue weighted by molar-refractivity contribution is -0.119. The fourth-order valence-corrected chi connectivity index (χ4v) is 3.62. The molecule has 0 bridgehead atoms. The van der Waals surface area contributed by atoms with Gasteiger partial charge in [0.25, 0.3) is 5.91 Å². The van der Waals surface area contributed by atoms with Crippen LogP contribution in [0.4, 0.5) is 8.78 Å². The van der Waals surface area contributed by atoms with Crippen molar-refractivity contribution in [2.24, 2.45) is 0 Å². The molecule has 0 radical (unpaired) electrons. The van der Waals surface area contributed by atoms with Crippen LogP contribution in [0.3, 0.4) is 0 Å². The van der Waals surface area contributed by atoms with Gasteiger partial charge in [-0.15, -0.1) is 0 Å². The highest BCUT2D eigenvalue weighted by Gasteiger charge is 2.26. The first-order chi connectivity index (χ1) is 17.3. The predicted molar refractivity (Wildman–Crippen MR) is 125 cm³/mol. The Kier molecular flexibility index (Phi) is 7.44. The highest BCUT2D eigenvalue weighted by Crippen LogP contribution is 2.29. The zero-order valence-corrected chi connectivity index (χ0v) is 19.2. The lowest BCUT2D eigenvalue weighted by atomic mass is 10.0. The van der Waals surface area contributed by atoms with Crippen molar-refractivity contribution in [3.63, 3.8) is 0 Å². The Labute approximate surface area is 204 Å². The smallest absolute Gasteiger partial charge is 0.252 e. The molecule has 36 heavy (non-hydrogen) atoms. The second kappa shape index (κ2) is 10.9. The van der Waals surface area contributed by atoms with E-state index in [0.29, 0.717) is 11.3 Å². The minimum atomic E-state index is -1.18. The zero-order valence-electron chi connectivity index (χ0n) is 19.2. The number of halogens is 2. The minimum Gasteiger partial charge on any atom is -0.389 e. The molecule has 10 nitrogen and oxygen atoms in total. The third-order valence-corrected chi connectivity index (χ3v) is 5.41. The molecule has 4 rings (SSSR count). The topological polar surface area (TPSA) is 138 Å². The van der Waals surface area contributed by atoms with Crippen molar-refractivity contribution in [3.05, 3.63) is 78.1 Å². The Morgan fingerprint density at radius 1 is 1.11 bits per heavy atom. The van der Waals surface area contributed by atoms with Gasteiger partial charge in [0, 0.05) is 24.6 Å². The summed E-state index contributed by atoms with van der Waals surface area (Å²) >= 11 is 0. The number of benzene rings is 2. The molecule has 4 aromatic rings. The number of nitrogens with one attached hydrogen (secondary N) is 3. The Bertz CT molecular complexity index is 1340. The maximum absolute atomic E-state index is 15.0. The van der Waals surface area contributed by atoms with Gasteiger partial charge in [-0.3, -0.25) is 14.7 Å². The van der Waals surface area contributed by atoms with E-state index in [9.17, 15) is 23.5 Å². The average molecular weight is 495 g/mol. The van der Waals surface area contributed by atoms with E-state index in [4.69, 9.17) is 0 Å². The summed E-state index contributed by atoms with van der Waals surface area (Å²) in [7, 11) is 0. The molecule has 2 atom stereocenters. The van der Waals surface area contributed by atoms with Gasteiger partial charge in [0.1, 0.15) is 11.6 Å². The number of aromatic nitrogens is 5. The van der Waals surface area contributed by atoms with Crippen molar-refractivity contribution in [2.45, 2.75) is 25.6 Å². The fourth-order valence-electron chi connectivity index (χ4n) is 3.62. The van der Waals surface area contributed by atoms with Crippen LogP contribution in [0, 0.1) is 11.6 Å². The lowest BCUT2D eigenvalue weighted by Crippen LogP contribution is -2.50. The van der Waals surface area contributed by atoms with Gasteiger partial charge >= 0.3 is 0 Å². The molecule has 2 aromatic heterocycles. The molecule has 2 heterocycles. The number of hydrogen-bond donors (Lipinski definition) is 4. The van der Waals surface area contributed by atoms with Gasteiger partial charge in [-0.05, 0) is 42.5 Å². The van der Waals surface area contributed by atoms with Crippen molar-refractivity contribution >= 4 is 11.8 Å². The summed E-state index contributed by atoms with van der Waals surface area (Å²) < 4.78 is 28.2. The fraction of sp³-hybridized carbons (Fsp3) is 0.208. The number of aliphatic hydroxyl groups excluding tert-OH is 1. The van der Waals surface area contributed by atoms with Crippen molar-refractivity contribution in [2.75, 3.05) is 6.54 Å². The van der Waals surface area contributed by atoms with Crippen LogP contribution in [-0.4, -0.2) is 60.8 Å². The molecule has 0 aliphatic heterocycles. The summed E-state index contributed by atoms with van der Waals surface area (Å²) in [5, 5.41) is 30.7. The van der Waals surface area contributed by atoms with Crippen LogP contribution >= 0.6 is 0 Å². The lowest BCUT2D eigenvalue weighted by Gasteiger charge is -2.24. The monoisotopic (exact) mass is 495 g/mol. The third kappa shape index (κ3) is 5.78. The maximum Gasteiger partial charge on any atom is 0.252 e. The van der Waals surface area contributed by atoms with E-state index in [1.54, 1.807) is 6.07 Å². The predicted octanol–water partition coefficient (Wildman–Crippen LogP) is 1.91. The number of nitrogens with zero attached hydrogens (tertiary/aromatic N) is 4. The van der Waals surface area contributed by atoms with E-state index in [1.165, 1.54) is 66.6 Å². The first-order valence-corrected chi connectivity index (χ1v) is 11.0. The number of aromatic amines is 1. The molecule has 0 fully saturated rings. The number of aliphatic hydroxyl groups is 1. The van der Waals surface area contributed by atoms with Crippen LogP contribution in [0.15, 0.2) is 60.9 Å². The first-order valence-electron chi connectivity index (χ1n) is 11.0. The van der Waals surface area contributed by atoms with E-state index in [2.05, 4.69) is 31.0 Å². The van der Waals surface area contributed by atoms with Gasteiger partial charge in [-0.1, -0.05) is 6.07 Å². The van der Waals surface area contributed by atoms with Crippen LogP contribution in [0.25, 0.3) is 22.5 Å². The van der Waals surface area contributed by atoms with Gasteiger partial charge in [0.05, 0.1) is 48.0 Å². The summed E-state index contributed by atoms with van der Waals surface area (Å²) in [6.45, 7) is 1.18. The Hall–Kier alpha value is -4.45. The highest BCUT2D eigenvalue weighted by atomic mass is 19.1. The molecule has 2 aromatic carbocycles. The van der Waals surface area contributed by atoms with Crippen LogP contribution < -0.4 is 10.6 Å². The van der Waals surface area contributed by atoms with Gasteiger partial charge in [0.15, 0.2) is 0 Å². The van der Waals surface area contributed by atoms with Crippen LogP contribution in [0.5, 0.6) is 0 Å². The molecule has 186 valence electrons. The van der Waals surface area contributed by atoms with E-state index in [0.717, 1.165) is 0 Å². The van der Waals surface area contributed by atoms with E-state index >= 15 is 0 Å². The highest BCUT2D eigenvalue weighted by molar-refractivity contribution is 6.01. The molecule has 4 N–H and O–H groups in total. The van der Waals surface area contributed by atoms with E-state index in [1.807, 2.05) is 0 Å². The van der Waals surface area contributed by atoms with Gasteiger partial charge in [-0.2, -0.15) is 20.1 Å². The summed E-state index contributed by atoms with van der Waals surface area (Å²) in [5.41, 5.74) is 1.25. The molecule has 0 unspecified atom stereocenters. The third-order valence-electron chi connectivity index (χ3n) is 5.41. The standard InChI is InChI=1S/C24H23F2N7O3/c1-14(34)27-12-22(35)21(13-33-28-9-10-29-33)30-24(36)17-3-2-4-18(26)23(17)20-11-19(31-32-20)15-5-7-16(25)8-6-15/h2-11,21-22,35H,12-13H2,1H3,(H,27,34)(H,30,36)(H,31,32)/t21-,22-/m1/s1.